The molecule has 1 aliphatic rings. The Morgan fingerprint density at radius 1 is 1.35 bits per heavy atom. The minimum atomic E-state index is -5.20. The normalized spacial score (nSPS) is 19.7. The molecular formula is C12H11F4NO5S. The molecule has 128 valence electrons. The van der Waals surface area contributed by atoms with Crippen molar-refractivity contribution in [3.05, 3.63) is 24.0 Å². The third kappa shape index (κ3) is 3.72. The van der Waals surface area contributed by atoms with E-state index in [0.717, 1.165) is 6.07 Å². The molecule has 1 aromatic rings. The van der Waals surface area contributed by atoms with Crippen molar-refractivity contribution in [3.8, 4) is 5.75 Å². The summed E-state index contributed by atoms with van der Waals surface area (Å²) in [6.07, 6.45) is -5.22. The van der Waals surface area contributed by atoms with Gasteiger partial charge in [-0.25, -0.2) is 12.8 Å². The molecule has 11 heteroatoms. The number of halogens is 4. The number of hydrogen-bond acceptors (Lipinski definition) is 4. The number of aliphatic carboxylic acids is 1. The first-order chi connectivity index (χ1) is 10.5. The summed E-state index contributed by atoms with van der Waals surface area (Å²) >= 11 is 0. The van der Waals surface area contributed by atoms with Crippen LogP contribution in [0.25, 0.3) is 0 Å². The monoisotopic (exact) mass is 357 g/mol. The summed E-state index contributed by atoms with van der Waals surface area (Å²) in [5.41, 5.74) is 0. The van der Waals surface area contributed by atoms with Crippen molar-refractivity contribution in [2.24, 2.45) is 5.92 Å². The SMILES string of the molecule is O=C(O)C1CCN(S(=O)(=O)c2c(F)cccc2OC(F)(F)F)C1. The van der Waals surface area contributed by atoms with Gasteiger partial charge in [0.1, 0.15) is 5.82 Å². The third-order valence-electron chi connectivity index (χ3n) is 3.25. The van der Waals surface area contributed by atoms with Crippen LogP contribution < -0.4 is 4.74 Å². The van der Waals surface area contributed by atoms with Crippen molar-refractivity contribution in [1.82, 2.24) is 4.31 Å². The second-order valence-corrected chi connectivity index (χ2v) is 6.68. The van der Waals surface area contributed by atoms with Gasteiger partial charge in [-0.1, -0.05) is 6.07 Å². The molecular weight excluding hydrogens is 346 g/mol. The molecule has 1 unspecified atom stereocenters. The van der Waals surface area contributed by atoms with Crippen LogP contribution in [0.15, 0.2) is 23.1 Å². The fraction of sp³-hybridized carbons (Fsp3) is 0.417. The number of benzene rings is 1. The van der Waals surface area contributed by atoms with Crippen LogP contribution in [0.4, 0.5) is 17.6 Å². The number of ether oxygens (including phenoxy) is 1. The van der Waals surface area contributed by atoms with Gasteiger partial charge in [0.25, 0.3) is 0 Å². The Hall–Kier alpha value is -1.88. The lowest BCUT2D eigenvalue weighted by Crippen LogP contribution is -2.31. The molecule has 0 aromatic heterocycles. The molecule has 6 nitrogen and oxygen atoms in total. The van der Waals surface area contributed by atoms with E-state index in [2.05, 4.69) is 4.74 Å². The van der Waals surface area contributed by atoms with Gasteiger partial charge >= 0.3 is 12.3 Å². The zero-order chi connectivity index (χ0) is 17.4. The van der Waals surface area contributed by atoms with Crippen molar-refractivity contribution >= 4 is 16.0 Å². The standard InChI is InChI=1S/C12H11F4NO5S/c13-8-2-1-3-9(22-12(14,15)16)10(8)23(20,21)17-5-4-7(6-17)11(18)19/h1-3,7H,4-6H2,(H,18,19). The Kier molecular flexibility index (Phi) is 4.53. The lowest BCUT2D eigenvalue weighted by atomic mass is 10.1. The maximum atomic E-state index is 13.9. The van der Waals surface area contributed by atoms with Gasteiger partial charge in [-0.05, 0) is 18.6 Å². The largest absolute Gasteiger partial charge is 0.573 e. The number of hydrogen-bond donors (Lipinski definition) is 1. The van der Waals surface area contributed by atoms with Crippen LogP contribution in [-0.4, -0.2) is 43.3 Å². The van der Waals surface area contributed by atoms with Gasteiger partial charge in [-0.15, -0.1) is 13.2 Å². The Balaban J connectivity index is 2.42. The highest BCUT2D eigenvalue weighted by atomic mass is 32.2. The van der Waals surface area contributed by atoms with E-state index in [4.69, 9.17) is 5.11 Å². The van der Waals surface area contributed by atoms with E-state index >= 15 is 0 Å². The molecule has 0 aliphatic carbocycles. The van der Waals surface area contributed by atoms with E-state index in [1.807, 2.05) is 0 Å². The van der Waals surface area contributed by atoms with Gasteiger partial charge in [-0.2, -0.15) is 4.31 Å². The van der Waals surface area contributed by atoms with Crippen molar-refractivity contribution < 1.29 is 40.6 Å². The minimum absolute atomic E-state index is 0.0154. The fourth-order valence-electron chi connectivity index (χ4n) is 2.22. The van der Waals surface area contributed by atoms with Crippen LogP contribution in [0.1, 0.15) is 6.42 Å². The van der Waals surface area contributed by atoms with Crippen LogP contribution in [0.5, 0.6) is 5.75 Å². The fourth-order valence-corrected chi connectivity index (χ4v) is 3.88. The first kappa shape index (κ1) is 17.5. The maximum absolute atomic E-state index is 13.9. The maximum Gasteiger partial charge on any atom is 0.573 e. The zero-order valence-electron chi connectivity index (χ0n) is 11.4. The van der Waals surface area contributed by atoms with Crippen molar-refractivity contribution in [1.29, 1.82) is 0 Å². The highest BCUT2D eigenvalue weighted by Gasteiger charge is 2.41. The van der Waals surface area contributed by atoms with Gasteiger partial charge in [0, 0.05) is 13.1 Å². The molecule has 0 bridgehead atoms. The van der Waals surface area contributed by atoms with Gasteiger partial charge in [0.15, 0.2) is 10.6 Å². The van der Waals surface area contributed by atoms with E-state index in [-0.39, 0.29) is 13.0 Å². The van der Waals surface area contributed by atoms with Crippen molar-refractivity contribution in [2.75, 3.05) is 13.1 Å². The lowest BCUT2D eigenvalue weighted by Gasteiger charge is -2.19. The van der Waals surface area contributed by atoms with Crippen LogP contribution in [-0.2, 0) is 14.8 Å². The number of carboxylic acid groups (broad SMARTS) is 1. The topological polar surface area (TPSA) is 83.9 Å². The number of carbonyl (C=O) groups is 1. The molecule has 1 N–H and O–H groups in total. The van der Waals surface area contributed by atoms with Gasteiger partial charge in [0.2, 0.25) is 10.0 Å². The van der Waals surface area contributed by atoms with E-state index in [9.17, 15) is 30.8 Å². The third-order valence-corrected chi connectivity index (χ3v) is 5.18. The molecule has 1 heterocycles. The predicted octanol–water partition coefficient (Wildman–Crippen LogP) is 1.82. The van der Waals surface area contributed by atoms with Gasteiger partial charge in [-0.3, -0.25) is 4.79 Å². The Morgan fingerprint density at radius 3 is 2.52 bits per heavy atom. The minimum Gasteiger partial charge on any atom is -0.481 e. The summed E-state index contributed by atoms with van der Waals surface area (Å²) in [6, 6.07) is 2.23. The van der Waals surface area contributed by atoms with E-state index in [1.165, 1.54) is 0 Å². The summed E-state index contributed by atoms with van der Waals surface area (Å²) in [7, 11) is -4.67. The summed E-state index contributed by atoms with van der Waals surface area (Å²) in [5, 5.41) is 8.86. The molecule has 1 saturated heterocycles. The van der Waals surface area contributed by atoms with Gasteiger partial charge < -0.3 is 9.84 Å². The van der Waals surface area contributed by atoms with Crippen LogP contribution >= 0.6 is 0 Å². The quantitative estimate of drug-likeness (QED) is 0.831. The summed E-state index contributed by atoms with van der Waals surface area (Å²) in [6.45, 7) is -0.684. The Morgan fingerprint density at radius 2 is 2.00 bits per heavy atom. The molecule has 23 heavy (non-hydrogen) atoms. The number of carboxylic acids is 1. The first-order valence-corrected chi connectivity index (χ1v) is 7.73. The Labute approximate surface area is 128 Å². The van der Waals surface area contributed by atoms with Crippen molar-refractivity contribution in [3.63, 3.8) is 0 Å². The average Bonchev–Trinajstić information content (AvgIpc) is 2.86. The molecule has 0 spiro atoms. The van der Waals surface area contributed by atoms with Crippen molar-refractivity contribution in [2.45, 2.75) is 17.7 Å². The second-order valence-electron chi connectivity index (χ2n) is 4.80. The second kappa shape index (κ2) is 5.96. The molecule has 1 aromatic carbocycles. The first-order valence-electron chi connectivity index (χ1n) is 6.29. The highest BCUT2D eigenvalue weighted by Crippen LogP contribution is 2.35. The molecule has 2 rings (SSSR count). The average molecular weight is 357 g/mol. The predicted molar refractivity (Wildman–Crippen MR) is 67.6 cm³/mol. The van der Waals surface area contributed by atoms with Gasteiger partial charge in [0.05, 0.1) is 5.92 Å². The number of nitrogens with zero attached hydrogens (tertiary/aromatic N) is 1. The Bertz CT molecular complexity index is 719. The molecule has 0 amide bonds. The van der Waals surface area contributed by atoms with E-state index in [0.29, 0.717) is 16.4 Å². The molecule has 1 fully saturated rings. The van der Waals surface area contributed by atoms with Crippen LogP contribution in [0.3, 0.4) is 0 Å². The number of sulfonamides is 1. The molecule has 1 atom stereocenters. The lowest BCUT2D eigenvalue weighted by molar-refractivity contribution is -0.275. The number of alkyl halides is 3. The van der Waals surface area contributed by atoms with E-state index < -0.39 is 51.3 Å². The summed E-state index contributed by atoms with van der Waals surface area (Å²) in [4.78, 5) is 9.60. The van der Waals surface area contributed by atoms with Crippen LogP contribution in [0.2, 0.25) is 0 Å². The summed E-state index contributed by atoms with van der Waals surface area (Å²) < 4.78 is 79.9. The smallest absolute Gasteiger partial charge is 0.481 e. The molecule has 0 radical (unpaired) electrons. The molecule has 0 saturated carbocycles. The van der Waals surface area contributed by atoms with E-state index in [1.54, 1.807) is 0 Å². The van der Waals surface area contributed by atoms with Crippen LogP contribution in [0, 0.1) is 11.7 Å². The highest BCUT2D eigenvalue weighted by molar-refractivity contribution is 7.89. The zero-order valence-corrected chi connectivity index (χ0v) is 12.2. The molecule has 1 aliphatic heterocycles. The summed E-state index contributed by atoms with van der Waals surface area (Å²) in [5.74, 6) is -4.84. The number of rotatable bonds is 4.